The number of aryl methyl sites for hydroxylation is 1. The first kappa shape index (κ1) is 12.5. The molecule has 1 rings (SSSR count). The van der Waals surface area contributed by atoms with E-state index in [-0.39, 0.29) is 10.6 Å². The average molecular weight is 342 g/mol. The lowest BCUT2D eigenvalue weighted by molar-refractivity contribution is 0.483. The van der Waals surface area contributed by atoms with Gasteiger partial charge in [-0.05, 0) is 41.1 Å². The first-order valence-electron chi connectivity index (χ1n) is 4.03. The van der Waals surface area contributed by atoms with Crippen molar-refractivity contribution in [2.45, 2.75) is 11.8 Å². The molecule has 7 heteroatoms. The van der Waals surface area contributed by atoms with Gasteiger partial charge in [0.05, 0.1) is 9.26 Å². The first-order valence-corrected chi connectivity index (χ1v) is 6.54. The van der Waals surface area contributed by atoms with Gasteiger partial charge in [0.15, 0.2) is 0 Å². The summed E-state index contributed by atoms with van der Waals surface area (Å²) >= 11 is 1.83. The molecule has 0 unspecified atom stereocenters. The summed E-state index contributed by atoms with van der Waals surface area (Å²) in [5, 5.41) is 2.84. The van der Waals surface area contributed by atoms with Crippen LogP contribution in [0.15, 0.2) is 11.0 Å². The summed E-state index contributed by atoms with van der Waals surface area (Å²) in [7, 11) is -2.62. The van der Waals surface area contributed by atoms with E-state index < -0.39 is 10.1 Å². The molecule has 0 aromatic heterocycles. The van der Waals surface area contributed by atoms with E-state index in [1.54, 1.807) is 20.0 Å². The van der Waals surface area contributed by atoms with Crippen LogP contribution in [0.3, 0.4) is 0 Å². The monoisotopic (exact) mass is 342 g/mol. The van der Waals surface area contributed by atoms with Crippen LogP contribution in [-0.4, -0.2) is 20.0 Å². The molecule has 5 nitrogen and oxygen atoms in total. The predicted octanol–water partition coefficient (Wildman–Crippen LogP) is 1.47. The number of hydrogen-bond acceptors (Lipinski definition) is 4. The molecule has 1 aromatic rings. The lowest BCUT2D eigenvalue weighted by Crippen LogP contribution is -2.09. The highest BCUT2D eigenvalue weighted by Crippen LogP contribution is 2.33. The third kappa shape index (κ3) is 2.34. The molecular weight excluding hydrogens is 331 g/mol. The minimum atomic E-state index is -4.29. The summed E-state index contributed by atoms with van der Waals surface area (Å²) in [4.78, 5) is -0.229. The molecule has 0 heterocycles. The third-order valence-electron chi connectivity index (χ3n) is 1.99. The molecule has 0 spiro atoms. The maximum absolute atomic E-state index is 11.1. The predicted molar refractivity (Wildman–Crippen MR) is 67.7 cm³/mol. The number of benzene rings is 1. The highest BCUT2D eigenvalue weighted by Gasteiger charge is 2.22. The van der Waals surface area contributed by atoms with Gasteiger partial charge in [0, 0.05) is 12.7 Å². The lowest BCUT2D eigenvalue weighted by Gasteiger charge is -2.12. The Labute approximate surface area is 102 Å². The van der Waals surface area contributed by atoms with Crippen molar-refractivity contribution in [3.63, 3.8) is 0 Å². The van der Waals surface area contributed by atoms with E-state index in [0.29, 0.717) is 14.8 Å². The molecule has 0 bridgehead atoms. The third-order valence-corrected chi connectivity index (χ3v) is 4.42. The molecule has 0 radical (unpaired) electrons. The van der Waals surface area contributed by atoms with Crippen molar-refractivity contribution >= 4 is 44.1 Å². The minimum Gasteiger partial charge on any atom is -0.397 e. The van der Waals surface area contributed by atoms with E-state index in [9.17, 15) is 8.42 Å². The van der Waals surface area contributed by atoms with Crippen molar-refractivity contribution in [2.75, 3.05) is 18.1 Å². The molecule has 0 atom stereocenters. The fraction of sp³-hybridized carbons (Fsp3) is 0.250. The number of rotatable bonds is 2. The molecule has 0 aliphatic heterocycles. The molecule has 0 saturated carbocycles. The summed E-state index contributed by atoms with van der Waals surface area (Å²) in [6.07, 6.45) is 0. The van der Waals surface area contributed by atoms with Gasteiger partial charge in [-0.2, -0.15) is 8.42 Å². The molecule has 0 amide bonds. The van der Waals surface area contributed by atoms with Gasteiger partial charge >= 0.3 is 0 Å². The van der Waals surface area contributed by atoms with Crippen LogP contribution in [0.1, 0.15) is 5.56 Å². The molecule has 15 heavy (non-hydrogen) atoms. The van der Waals surface area contributed by atoms with Gasteiger partial charge in [-0.25, -0.2) is 0 Å². The zero-order valence-corrected chi connectivity index (χ0v) is 11.2. The number of hydrogen-bond donors (Lipinski definition) is 3. The van der Waals surface area contributed by atoms with E-state index in [2.05, 4.69) is 5.32 Å². The smallest absolute Gasteiger partial charge is 0.297 e. The molecular formula is C8H11IN2O3S. The van der Waals surface area contributed by atoms with Crippen molar-refractivity contribution in [2.24, 2.45) is 0 Å². The van der Waals surface area contributed by atoms with Crippen LogP contribution in [0.25, 0.3) is 0 Å². The van der Waals surface area contributed by atoms with Gasteiger partial charge in [-0.3, -0.25) is 4.55 Å². The van der Waals surface area contributed by atoms with Crippen LogP contribution >= 0.6 is 22.6 Å². The van der Waals surface area contributed by atoms with E-state index in [0.717, 1.165) is 0 Å². The van der Waals surface area contributed by atoms with Crippen molar-refractivity contribution in [1.29, 1.82) is 0 Å². The van der Waals surface area contributed by atoms with Crippen molar-refractivity contribution < 1.29 is 13.0 Å². The Hall–Kier alpha value is -0.540. The van der Waals surface area contributed by atoms with Gasteiger partial charge in [-0.1, -0.05) is 0 Å². The van der Waals surface area contributed by atoms with E-state index in [1.165, 1.54) is 0 Å². The Morgan fingerprint density at radius 2 is 2.07 bits per heavy atom. The van der Waals surface area contributed by atoms with Crippen molar-refractivity contribution in [3.8, 4) is 0 Å². The standard InChI is InChI=1S/C8H11IN2O3S/c1-4-3-5(11-2)6(9)8(7(4)10)15(12,13)14/h3,11H,10H2,1-2H3,(H,12,13,14). The molecule has 0 aliphatic carbocycles. The zero-order chi connectivity index (χ0) is 11.8. The van der Waals surface area contributed by atoms with Gasteiger partial charge in [0.25, 0.3) is 10.1 Å². The first-order chi connectivity index (χ1) is 6.79. The largest absolute Gasteiger partial charge is 0.397 e. The highest BCUT2D eigenvalue weighted by atomic mass is 127. The molecule has 1 aromatic carbocycles. The molecule has 0 fully saturated rings. The maximum Gasteiger partial charge on any atom is 0.297 e. The van der Waals surface area contributed by atoms with Crippen LogP contribution in [0.4, 0.5) is 11.4 Å². The lowest BCUT2D eigenvalue weighted by atomic mass is 10.2. The number of nitrogen functional groups attached to an aromatic ring is 1. The van der Waals surface area contributed by atoms with Gasteiger partial charge in [-0.15, -0.1) is 0 Å². The minimum absolute atomic E-state index is 0.0842. The van der Waals surface area contributed by atoms with Gasteiger partial charge < -0.3 is 11.1 Å². The molecule has 0 saturated heterocycles. The van der Waals surface area contributed by atoms with Crippen LogP contribution in [0, 0.1) is 10.5 Å². The molecule has 84 valence electrons. The summed E-state index contributed by atoms with van der Waals surface area (Å²) in [6, 6.07) is 1.73. The van der Waals surface area contributed by atoms with Crippen LogP contribution in [0.5, 0.6) is 0 Å². The number of nitrogens with one attached hydrogen (secondary N) is 1. The summed E-state index contributed by atoms with van der Waals surface area (Å²) < 4.78 is 31.7. The van der Waals surface area contributed by atoms with E-state index in [1.807, 2.05) is 22.6 Å². The Bertz CT molecular complexity index is 499. The normalized spacial score (nSPS) is 11.5. The quantitative estimate of drug-likeness (QED) is 0.430. The molecule has 4 N–H and O–H groups in total. The average Bonchev–Trinajstić information content (AvgIpc) is 2.09. The number of halogens is 1. The van der Waals surface area contributed by atoms with Crippen LogP contribution in [-0.2, 0) is 10.1 Å². The van der Waals surface area contributed by atoms with Crippen LogP contribution in [0.2, 0.25) is 0 Å². The fourth-order valence-electron chi connectivity index (χ4n) is 1.21. The van der Waals surface area contributed by atoms with Crippen molar-refractivity contribution in [3.05, 3.63) is 15.2 Å². The topological polar surface area (TPSA) is 92.4 Å². The second-order valence-electron chi connectivity index (χ2n) is 3.02. The van der Waals surface area contributed by atoms with Gasteiger partial charge in [0.1, 0.15) is 4.90 Å². The summed E-state index contributed by atoms with van der Waals surface area (Å²) in [5.74, 6) is 0. The SMILES string of the molecule is CNc1cc(C)c(N)c(S(=O)(=O)O)c1I. The second-order valence-corrected chi connectivity index (χ2v) is 5.46. The Morgan fingerprint density at radius 1 is 1.53 bits per heavy atom. The van der Waals surface area contributed by atoms with Crippen molar-refractivity contribution in [1.82, 2.24) is 0 Å². The number of anilines is 2. The summed E-state index contributed by atoms with van der Waals surface area (Å²) in [5.41, 5.74) is 6.93. The van der Waals surface area contributed by atoms with E-state index in [4.69, 9.17) is 10.3 Å². The maximum atomic E-state index is 11.1. The highest BCUT2D eigenvalue weighted by molar-refractivity contribution is 14.1. The fourth-order valence-corrected chi connectivity index (χ4v) is 3.54. The van der Waals surface area contributed by atoms with E-state index >= 15 is 0 Å². The Balaban J connectivity index is 3.70. The number of nitrogens with two attached hydrogens (primary N) is 1. The molecule has 0 aliphatic rings. The van der Waals surface area contributed by atoms with Crippen LogP contribution < -0.4 is 11.1 Å². The Morgan fingerprint density at radius 3 is 2.47 bits per heavy atom. The van der Waals surface area contributed by atoms with Gasteiger partial charge in [0.2, 0.25) is 0 Å². The zero-order valence-electron chi connectivity index (χ0n) is 8.20. The summed E-state index contributed by atoms with van der Waals surface area (Å²) in [6.45, 7) is 1.68. The second kappa shape index (κ2) is 4.14. The Kier molecular flexibility index (Phi) is 3.46.